The Labute approximate surface area is 149 Å². The number of aryl methyl sites for hydroxylation is 2. The molecule has 1 aromatic heterocycles. The molecule has 3 aromatic rings. The Balaban J connectivity index is 1.46. The van der Waals surface area contributed by atoms with E-state index < -0.39 is 0 Å². The molecule has 4 heteroatoms. The van der Waals surface area contributed by atoms with Crippen molar-refractivity contribution >= 4 is 11.8 Å². The van der Waals surface area contributed by atoms with Crippen LogP contribution in [-0.4, -0.2) is 16.5 Å². The van der Waals surface area contributed by atoms with Crippen LogP contribution in [0.25, 0.3) is 0 Å². The number of hydrogen-bond acceptors (Lipinski definition) is 4. The Morgan fingerprint density at radius 1 is 0.880 bits per heavy atom. The van der Waals surface area contributed by atoms with Crippen molar-refractivity contribution in [3.8, 4) is 0 Å². The number of aromatic nitrogens is 2. The average molecular weight is 332 g/mol. The van der Waals surface area contributed by atoms with Gasteiger partial charge in [-0.2, -0.15) is 4.98 Å². The molecule has 128 valence electrons. The summed E-state index contributed by atoms with van der Waals surface area (Å²) in [5, 5.41) is 6.65. The van der Waals surface area contributed by atoms with Gasteiger partial charge in [-0.05, 0) is 37.0 Å². The van der Waals surface area contributed by atoms with E-state index in [0.29, 0.717) is 5.95 Å². The summed E-state index contributed by atoms with van der Waals surface area (Å²) in [5.74, 6) is 1.50. The lowest BCUT2D eigenvalue weighted by molar-refractivity contribution is 0.852. The molecule has 0 aliphatic carbocycles. The second-order valence-electron chi connectivity index (χ2n) is 6.12. The van der Waals surface area contributed by atoms with Crippen LogP contribution in [0.2, 0.25) is 0 Å². The molecule has 0 atom stereocenters. The van der Waals surface area contributed by atoms with Crippen LogP contribution < -0.4 is 10.6 Å². The van der Waals surface area contributed by atoms with Crippen LogP contribution in [0.4, 0.5) is 11.8 Å². The van der Waals surface area contributed by atoms with E-state index in [0.717, 1.165) is 31.7 Å². The summed E-state index contributed by atoms with van der Waals surface area (Å²) < 4.78 is 0. The molecule has 0 aliphatic rings. The van der Waals surface area contributed by atoms with E-state index in [9.17, 15) is 0 Å². The van der Waals surface area contributed by atoms with Crippen molar-refractivity contribution in [1.82, 2.24) is 9.97 Å². The van der Waals surface area contributed by atoms with Crippen LogP contribution in [0.5, 0.6) is 0 Å². The van der Waals surface area contributed by atoms with E-state index >= 15 is 0 Å². The highest BCUT2D eigenvalue weighted by atomic mass is 15.1. The molecule has 0 radical (unpaired) electrons. The highest BCUT2D eigenvalue weighted by Crippen LogP contribution is 2.10. The Kier molecular flexibility index (Phi) is 5.99. The summed E-state index contributed by atoms with van der Waals surface area (Å²) in [6, 6.07) is 20.9. The van der Waals surface area contributed by atoms with Crippen molar-refractivity contribution in [2.24, 2.45) is 0 Å². The van der Waals surface area contributed by atoms with Crippen LogP contribution >= 0.6 is 0 Å². The first-order chi connectivity index (χ1) is 12.3. The normalized spacial score (nSPS) is 10.4. The molecule has 0 unspecified atom stereocenters. The molecule has 4 nitrogen and oxygen atoms in total. The highest BCUT2D eigenvalue weighted by Gasteiger charge is 2.00. The molecule has 2 aromatic carbocycles. The first kappa shape index (κ1) is 17.0. The predicted molar refractivity (Wildman–Crippen MR) is 104 cm³/mol. The Bertz CT molecular complexity index is 787. The smallest absolute Gasteiger partial charge is 0.224 e. The minimum atomic E-state index is 0.669. The van der Waals surface area contributed by atoms with Crippen molar-refractivity contribution in [2.75, 3.05) is 17.2 Å². The topological polar surface area (TPSA) is 49.8 Å². The van der Waals surface area contributed by atoms with Gasteiger partial charge in [0.25, 0.3) is 0 Å². The standard InChI is InChI=1S/C21H24N4/c1-17-7-5-10-19(15-17)16-24-20-12-14-23-21(25-20)22-13-6-11-18-8-3-2-4-9-18/h2-5,7-10,12,14-15H,6,11,13,16H2,1H3,(H2,22,23,24,25). The molecule has 1 heterocycles. The molecule has 0 amide bonds. The lowest BCUT2D eigenvalue weighted by atomic mass is 10.1. The first-order valence-electron chi connectivity index (χ1n) is 8.70. The van der Waals surface area contributed by atoms with Gasteiger partial charge >= 0.3 is 0 Å². The molecular weight excluding hydrogens is 308 g/mol. The summed E-state index contributed by atoms with van der Waals surface area (Å²) in [6.45, 7) is 3.72. The Morgan fingerprint density at radius 2 is 1.72 bits per heavy atom. The zero-order valence-corrected chi connectivity index (χ0v) is 14.6. The zero-order valence-electron chi connectivity index (χ0n) is 14.6. The average Bonchev–Trinajstić information content (AvgIpc) is 2.65. The minimum absolute atomic E-state index is 0.669. The SMILES string of the molecule is Cc1cccc(CNc2ccnc(NCCCc3ccccc3)n2)c1. The summed E-state index contributed by atoms with van der Waals surface area (Å²) in [6.07, 6.45) is 3.89. The fourth-order valence-corrected chi connectivity index (χ4v) is 2.69. The Hall–Kier alpha value is -2.88. The van der Waals surface area contributed by atoms with Gasteiger partial charge in [0.2, 0.25) is 5.95 Å². The second kappa shape index (κ2) is 8.83. The molecular formula is C21H24N4. The van der Waals surface area contributed by atoms with Gasteiger partial charge in [0.1, 0.15) is 5.82 Å². The summed E-state index contributed by atoms with van der Waals surface area (Å²) >= 11 is 0. The van der Waals surface area contributed by atoms with E-state index in [1.54, 1.807) is 6.20 Å². The van der Waals surface area contributed by atoms with Gasteiger partial charge in [0.05, 0.1) is 0 Å². The van der Waals surface area contributed by atoms with Crippen LogP contribution in [0.3, 0.4) is 0 Å². The predicted octanol–water partition coefficient (Wildman–Crippen LogP) is 4.44. The largest absolute Gasteiger partial charge is 0.366 e. The zero-order chi connectivity index (χ0) is 17.3. The van der Waals surface area contributed by atoms with Crippen molar-refractivity contribution in [2.45, 2.75) is 26.3 Å². The van der Waals surface area contributed by atoms with E-state index in [-0.39, 0.29) is 0 Å². The maximum absolute atomic E-state index is 4.52. The Morgan fingerprint density at radius 3 is 2.56 bits per heavy atom. The van der Waals surface area contributed by atoms with Gasteiger partial charge < -0.3 is 10.6 Å². The van der Waals surface area contributed by atoms with E-state index in [1.165, 1.54) is 16.7 Å². The fourth-order valence-electron chi connectivity index (χ4n) is 2.69. The molecule has 3 rings (SSSR count). The molecule has 0 fully saturated rings. The number of anilines is 2. The maximum Gasteiger partial charge on any atom is 0.224 e. The van der Waals surface area contributed by atoms with Crippen LogP contribution in [-0.2, 0) is 13.0 Å². The van der Waals surface area contributed by atoms with Gasteiger partial charge in [-0.25, -0.2) is 4.98 Å². The first-order valence-corrected chi connectivity index (χ1v) is 8.70. The minimum Gasteiger partial charge on any atom is -0.366 e. The molecule has 2 N–H and O–H groups in total. The maximum atomic E-state index is 4.52. The summed E-state index contributed by atoms with van der Waals surface area (Å²) in [7, 11) is 0. The number of nitrogens with one attached hydrogen (secondary N) is 2. The van der Waals surface area contributed by atoms with Crippen molar-refractivity contribution in [3.05, 3.63) is 83.6 Å². The third-order valence-electron chi connectivity index (χ3n) is 3.98. The third-order valence-corrected chi connectivity index (χ3v) is 3.98. The van der Waals surface area contributed by atoms with E-state index in [4.69, 9.17) is 0 Å². The monoisotopic (exact) mass is 332 g/mol. The van der Waals surface area contributed by atoms with Gasteiger partial charge in [0, 0.05) is 19.3 Å². The summed E-state index contributed by atoms with van der Waals surface area (Å²) in [5.41, 5.74) is 3.87. The van der Waals surface area contributed by atoms with Gasteiger partial charge in [-0.15, -0.1) is 0 Å². The van der Waals surface area contributed by atoms with Gasteiger partial charge in [-0.1, -0.05) is 60.2 Å². The molecule has 25 heavy (non-hydrogen) atoms. The molecule has 0 spiro atoms. The molecule has 0 aliphatic heterocycles. The quantitative estimate of drug-likeness (QED) is 0.599. The molecule has 0 saturated heterocycles. The number of hydrogen-bond donors (Lipinski definition) is 2. The van der Waals surface area contributed by atoms with Crippen molar-refractivity contribution < 1.29 is 0 Å². The highest BCUT2D eigenvalue weighted by molar-refractivity contribution is 5.40. The lowest BCUT2D eigenvalue weighted by Crippen LogP contribution is -2.08. The third kappa shape index (κ3) is 5.60. The van der Waals surface area contributed by atoms with Crippen LogP contribution in [0.1, 0.15) is 23.1 Å². The van der Waals surface area contributed by atoms with Gasteiger partial charge in [-0.3, -0.25) is 0 Å². The molecule has 0 saturated carbocycles. The van der Waals surface area contributed by atoms with Crippen LogP contribution in [0.15, 0.2) is 66.9 Å². The van der Waals surface area contributed by atoms with Crippen molar-refractivity contribution in [1.29, 1.82) is 0 Å². The number of nitrogens with zero attached hydrogens (tertiary/aromatic N) is 2. The van der Waals surface area contributed by atoms with E-state index in [1.807, 2.05) is 12.1 Å². The second-order valence-corrected chi connectivity index (χ2v) is 6.12. The van der Waals surface area contributed by atoms with Crippen LogP contribution in [0, 0.1) is 6.92 Å². The van der Waals surface area contributed by atoms with E-state index in [2.05, 4.69) is 76.1 Å². The summed E-state index contributed by atoms with van der Waals surface area (Å²) in [4.78, 5) is 8.81. The number of rotatable bonds is 8. The van der Waals surface area contributed by atoms with Gasteiger partial charge in [0.15, 0.2) is 0 Å². The molecule has 0 bridgehead atoms. The lowest BCUT2D eigenvalue weighted by Gasteiger charge is -2.09. The number of benzene rings is 2. The van der Waals surface area contributed by atoms with Crippen molar-refractivity contribution in [3.63, 3.8) is 0 Å². The fraction of sp³-hybridized carbons (Fsp3) is 0.238.